The maximum Gasteiger partial charge on any atom is 0.417 e. The van der Waals surface area contributed by atoms with Crippen LogP contribution in [0.1, 0.15) is 38.2 Å². The number of hydrogen-bond donors (Lipinski definition) is 1. The van der Waals surface area contributed by atoms with Crippen LogP contribution in [0.15, 0.2) is 18.2 Å². The molecule has 1 aliphatic carbocycles. The molecule has 0 spiro atoms. The Morgan fingerprint density at radius 2 is 1.89 bits per heavy atom. The normalized spacial score (nSPS) is 24.3. The van der Waals surface area contributed by atoms with Crippen molar-refractivity contribution in [3.05, 3.63) is 28.8 Å². The van der Waals surface area contributed by atoms with E-state index >= 15 is 0 Å². The molecule has 2 rings (SSSR count). The van der Waals surface area contributed by atoms with Crippen molar-refractivity contribution in [3.8, 4) is 0 Å². The van der Waals surface area contributed by atoms with Crippen LogP contribution in [0.4, 0.5) is 18.9 Å². The van der Waals surface area contributed by atoms with Gasteiger partial charge >= 0.3 is 6.18 Å². The van der Waals surface area contributed by atoms with Crippen LogP contribution in [0.3, 0.4) is 0 Å². The molecule has 106 valence electrons. The molecule has 19 heavy (non-hydrogen) atoms. The molecule has 0 radical (unpaired) electrons. The van der Waals surface area contributed by atoms with E-state index in [0.717, 1.165) is 25.3 Å². The predicted octanol–water partition coefficient (Wildman–Crippen LogP) is 5.35. The number of benzene rings is 1. The number of anilines is 1. The summed E-state index contributed by atoms with van der Waals surface area (Å²) in [5, 5.41) is 2.96. The minimum absolute atomic E-state index is 0.246. The second-order valence-corrected chi connectivity index (χ2v) is 5.61. The SMILES string of the molecule is CC1CCCCC1Nc1ccc(Cl)c(C(F)(F)F)c1. The van der Waals surface area contributed by atoms with Crippen LogP contribution in [0.25, 0.3) is 0 Å². The van der Waals surface area contributed by atoms with Crippen molar-refractivity contribution in [3.63, 3.8) is 0 Å². The lowest BCUT2D eigenvalue weighted by Gasteiger charge is -2.30. The summed E-state index contributed by atoms with van der Waals surface area (Å²) >= 11 is 5.60. The van der Waals surface area contributed by atoms with Crippen molar-refractivity contribution in [1.82, 2.24) is 0 Å². The largest absolute Gasteiger partial charge is 0.417 e. The van der Waals surface area contributed by atoms with Crippen LogP contribution in [0.5, 0.6) is 0 Å². The highest BCUT2D eigenvalue weighted by molar-refractivity contribution is 6.31. The first-order valence-electron chi connectivity index (χ1n) is 6.51. The van der Waals surface area contributed by atoms with E-state index in [1.54, 1.807) is 6.07 Å². The standard InChI is InChI=1S/C14H17ClF3N/c1-9-4-2-3-5-13(9)19-10-6-7-12(15)11(8-10)14(16,17)18/h6-9,13,19H,2-5H2,1H3. The number of rotatable bonds is 2. The van der Waals surface area contributed by atoms with Gasteiger partial charge in [-0.15, -0.1) is 0 Å². The first-order chi connectivity index (χ1) is 8.88. The van der Waals surface area contributed by atoms with E-state index in [0.29, 0.717) is 11.6 Å². The molecule has 0 heterocycles. The zero-order valence-electron chi connectivity index (χ0n) is 10.7. The molecule has 2 unspecified atom stereocenters. The Morgan fingerprint density at radius 1 is 1.21 bits per heavy atom. The summed E-state index contributed by atoms with van der Waals surface area (Å²) in [5.74, 6) is 0.485. The molecule has 1 aromatic carbocycles. The summed E-state index contributed by atoms with van der Waals surface area (Å²) in [6, 6.07) is 4.26. The third kappa shape index (κ3) is 3.56. The highest BCUT2D eigenvalue weighted by Crippen LogP contribution is 2.37. The van der Waals surface area contributed by atoms with Crippen molar-refractivity contribution in [2.75, 3.05) is 5.32 Å². The molecular formula is C14H17ClF3N. The van der Waals surface area contributed by atoms with Gasteiger partial charge in [0.25, 0.3) is 0 Å². The number of hydrogen-bond acceptors (Lipinski definition) is 1. The molecule has 1 aliphatic rings. The van der Waals surface area contributed by atoms with E-state index in [1.165, 1.54) is 12.5 Å². The fraction of sp³-hybridized carbons (Fsp3) is 0.571. The highest BCUT2D eigenvalue weighted by atomic mass is 35.5. The molecule has 0 saturated heterocycles. The lowest BCUT2D eigenvalue weighted by molar-refractivity contribution is -0.137. The smallest absolute Gasteiger partial charge is 0.382 e. The summed E-state index contributed by atoms with van der Waals surface area (Å²) in [7, 11) is 0. The number of nitrogens with one attached hydrogen (secondary N) is 1. The Morgan fingerprint density at radius 3 is 2.53 bits per heavy atom. The van der Waals surface area contributed by atoms with Crippen molar-refractivity contribution in [1.29, 1.82) is 0 Å². The molecule has 0 aromatic heterocycles. The first-order valence-corrected chi connectivity index (χ1v) is 6.89. The Kier molecular flexibility index (Phi) is 4.29. The topological polar surface area (TPSA) is 12.0 Å². The van der Waals surface area contributed by atoms with Crippen LogP contribution in [-0.4, -0.2) is 6.04 Å². The average molecular weight is 292 g/mol. The van der Waals surface area contributed by atoms with Crippen LogP contribution < -0.4 is 5.32 Å². The van der Waals surface area contributed by atoms with Gasteiger partial charge in [0.2, 0.25) is 0 Å². The third-order valence-electron chi connectivity index (χ3n) is 3.74. The quantitative estimate of drug-likeness (QED) is 0.774. The van der Waals surface area contributed by atoms with Gasteiger partial charge in [-0.05, 0) is 37.0 Å². The molecule has 1 fully saturated rings. The average Bonchev–Trinajstić information content (AvgIpc) is 2.33. The van der Waals surface area contributed by atoms with E-state index in [9.17, 15) is 13.2 Å². The maximum atomic E-state index is 12.8. The van der Waals surface area contributed by atoms with Gasteiger partial charge < -0.3 is 5.32 Å². The molecular weight excluding hydrogens is 275 g/mol. The Balaban J connectivity index is 2.17. The minimum Gasteiger partial charge on any atom is -0.382 e. The van der Waals surface area contributed by atoms with E-state index in [1.807, 2.05) is 0 Å². The molecule has 1 saturated carbocycles. The molecule has 0 amide bonds. The van der Waals surface area contributed by atoms with Gasteiger partial charge in [0, 0.05) is 11.7 Å². The third-order valence-corrected chi connectivity index (χ3v) is 4.06. The summed E-state index contributed by atoms with van der Waals surface area (Å²) in [4.78, 5) is 0. The van der Waals surface area contributed by atoms with Crippen molar-refractivity contribution in [2.24, 2.45) is 5.92 Å². The molecule has 0 aliphatic heterocycles. The molecule has 1 nitrogen and oxygen atoms in total. The predicted molar refractivity (Wildman–Crippen MR) is 71.5 cm³/mol. The summed E-state index contributed by atoms with van der Waals surface area (Å²) < 4.78 is 38.3. The summed E-state index contributed by atoms with van der Waals surface area (Å²) in [6.07, 6.45) is 0.0466. The number of alkyl halides is 3. The summed E-state index contributed by atoms with van der Waals surface area (Å²) in [5.41, 5.74) is -0.280. The molecule has 2 atom stereocenters. The molecule has 1 aromatic rings. The monoisotopic (exact) mass is 291 g/mol. The zero-order chi connectivity index (χ0) is 14.0. The lowest BCUT2D eigenvalue weighted by atomic mass is 9.86. The van der Waals surface area contributed by atoms with Crippen molar-refractivity contribution < 1.29 is 13.2 Å². The van der Waals surface area contributed by atoms with Crippen LogP contribution in [0.2, 0.25) is 5.02 Å². The van der Waals surface area contributed by atoms with E-state index in [2.05, 4.69) is 12.2 Å². The fourth-order valence-corrected chi connectivity index (χ4v) is 2.80. The van der Waals surface area contributed by atoms with E-state index in [4.69, 9.17) is 11.6 Å². The van der Waals surface area contributed by atoms with Gasteiger partial charge in [0.1, 0.15) is 0 Å². The minimum atomic E-state index is -4.41. The van der Waals surface area contributed by atoms with Gasteiger partial charge in [0.15, 0.2) is 0 Å². The van der Waals surface area contributed by atoms with Gasteiger partial charge in [-0.2, -0.15) is 13.2 Å². The number of halogens is 4. The molecule has 1 N–H and O–H groups in total. The Hall–Kier alpha value is -0.900. The van der Waals surface area contributed by atoms with Crippen LogP contribution in [-0.2, 0) is 6.18 Å². The zero-order valence-corrected chi connectivity index (χ0v) is 11.5. The second-order valence-electron chi connectivity index (χ2n) is 5.20. The van der Waals surface area contributed by atoms with Gasteiger partial charge in [-0.25, -0.2) is 0 Å². The van der Waals surface area contributed by atoms with Crippen molar-refractivity contribution in [2.45, 2.75) is 44.8 Å². The van der Waals surface area contributed by atoms with E-state index < -0.39 is 11.7 Å². The van der Waals surface area contributed by atoms with Crippen LogP contribution in [0, 0.1) is 5.92 Å². The van der Waals surface area contributed by atoms with Crippen LogP contribution >= 0.6 is 11.6 Å². The molecule has 5 heteroatoms. The Bertz CT molecular complexity index is 445. The maximum absolute atomic E-state index is 12.8. The highest BCUT2D eigenvalue weighted by Gasteiger charge is 2.33. The van der Waals surface area contributed by atoms with Gasteiger partial charge in [-0.1, -0.05) is 31.4 Å². The van der Waals surface area contributed by atoms with Gasteiger partial charge in [0.05, 0.1) is 10.6 Å². The van der Waals surface area contributed by atoms with Crippen molar-refractivity contribution >= 4 is 17.3 Å². The fourth-order valence-electron chi connectivity index (χ4n) is 2.58. The summed E-state index contributed by atoms with van der Waals surface area (Å²) in [6.45, 7) is 2.14. The van der Waals surface area contributed by atoms with E-state index in [-0.39, 0.29) is 11.1 Å². The van der Waals surface area contributed by atoms with Gasteiger partial charge in [-0.3, -0.25) is 0 Å². The Labute approximate surface area is 116 Å². The second kappa shape index (κ2) is 5.61. The first kappa shape index (κ1) is 14.5. The molecule has 0 bridgehead atoms. The lowest BCUT2D eigenvalue weighted by Crippen LogP contribution is -2.30.